The summed E-state index contributed by atoms with van der Waals surface area (Å²) in [6, 6.07) is 26.6. The topological polar surface area (TPSA) is 62.6 Å². The summed E-state index contributed by atoms with van der Waals surface area (Å²) in [5.74, 6) is -0.365. The van der Waals surface area contributed by atoms with Crippen LogP contribution in [0.1, 0.15) is 46.4 Å². The van der Waals surface area contributed by atoms with Gasteiger partial charge in [-0.05, 0) is 96.8 Å². The average molecular weight is 567 g/mol. The number of anilines is 1. The standard InChI is InChI=1S/C34H28ClFN2O3/c1-37-33(39)31-29-20-23(11-18-30(29)41-32(31)21-9-14-26(36)15-10-21)22-5-4-6-24(19-22)34(40)38(27-7-2-3-8-27)28-16-12-25(35)13-17-28/h4-6,9-20,27H,2-3,7-8H2,1H3,(H,37,39). The molecule has 1 aliphatic rings. The Hall–Kier alpha value is -4.42. The lowest BCUT2D eigenvalue weighted by molar-refractivity contribution is 0.0960. The number of nitrogens with zero attached hydrogens (tertiary/aromatic N) is 1. The maximum Gasteiger partial charge on any atom is 0.258 e. The monoisotopic (exact) mass is 566 g/mol. The van der Waals surface area contributed by atoms with Crippen LogP contribution < -0.4 is 10.2 Å². The summed E-state index contributed by atoms with van der Waals surface area (Å²) < 4.78 is 19.7. The van der Waals surface area contributed by atoms with Gasteiger partial charge in [-0.2, -0.15) is 0 Å². The average Bonchev–Trinajstić information content (AvgIpc) is 3.66. The Balaban J connectivity index is 1.40. The van der Waals surface area contributed by atoms with Crippen molar-refractivity contribution in [1.82, 2.24) is 5.32 Å². The van der Waals surface area contributed by atoms with E-state index in [0.29, 0.717) is 38.4 Å². The summed E-state index contributed by atoms with van der Waals surface area (Å²) in [7, 11) is 1.56. The highest BCUT2D eigenvalue weighted by Crippen LogP contribution is 2.37. The van der Waals surface area contributed by atoms with Crippen molar-refractivity contribution >= 4 is 40.1 Å². The Labute approximate surface area is 242 Å². The molecule has 0 saturated heterocycles. The Morgan fingerprint density at radius 3 is 2.27 bits per heavy atom. The summed E-state index contributed by atoms with van der Waals surface area (Å²) in [6.45, 7) is 0. The van der Waals surface area contributed by atoms with E-state index in [9.17, 15) is 14.0 Å². The molecular formula is C34H28ClFN2O3. The summed E-state index contributed by atoms with van der Waals surface area (Å²) in [5.41, 5.74) is 4.60. The van der Waals surface area contributed by atoms with Crippen molar-refractivity contribution in [3.8, 4) is 22.5 Å². The van der Waals surface area contributed by atoms with Crippen LogP contribution in [-0.2, 0) is 0 Å². The van der Waals surface area contributed by atoms with Crippen molar-refractivity contribution in [2.45, 2.75) is 31.7 Å². The zero-order chi connectivity index (χ0) is 28.5. The molecule has 0 aliphatic heterocycles. The minimum atomic E-state index is -0.370. The fraction of sp³-hybridized carbons (Fsp3) is 0.176. The number of carbonyl (C=O) groups is 2. The lowest BCUT2D eigenvalue weighted by atomic mass is 9.98. The molecule has 0 atom stereocenters. The third-order valence-corrected chi connectivity index (χ3v) is 7.96. The van der Waals surface area contributed by atoms with Crippen molar-refractivity contribution in [1.29, 1.82) is 0 Å². The predicted octanol–water partition coefficient (Wildman–Crippen LogP) is 8.51. The second-order valence-electron chi connectivity index (χ2n) is 10.3. The van der Waals surface area contributed by atoms with E-state index >= 15 is 0 Å². The van der Waals surface area contributed by atoms with Gasteiger partial charge in [0.05, 0.1) is 5.56 Å². The van der Waals surface area contributed by atoms with Crippen molar-refractivity contribution in [3.05, 3.63) is 113 Å². The molecule has 1 aromatic heterocycles. The zero-order valence-corrected chi connectivity index (χ0v) is 23.2. The van der Waals surface area contributed by atoms with E-state index in [1.807, 2.05) is 71.6 Å². The van der Waals surface area contributed by atoms with Crippen LogP contribution in [0, 0.1) is 5.82 Å². The lowest BCUT2D eigenvalue weighted by Crippen LogP contribution is -2.39. The van der Waals surface area contributed by atoms with Crippen molar-refractivity contribution in [2.24, 2.45) is 0 Å². The molecule has 1 N–H and O–H groups in total. The Morgan fingerprint density at radius 2 is 1.56 bits per heavy atom. The minimum absolute atomic E-state index is 0.0601. The van der Waals surface area contributed by atoms with Gasteiger partial charge >= 0.3 is 0 Å². The molecule has 5 nitrogen and oxygen atoms in total. The molecule has 1 aliphatic carbocycles. The van der Waals surface area contributed by atoms with Gasteiger partial charge in [0.1, 0.15) is 17.2 Å². The van der Waals surface area contributed by atoms with Crippen molar-refractivity contribution in [2.75, 3.05) is 11.9 Å². The van der Waals surface area contributed by atoms with E-state index < -0.39 is 0 Å². The fourth-order valence-electron chi connectivity index (χ4n) is 5.66. The quantitative estimate of drug-likeness (QED) is 0.224. The van der Waals surface area contributed by atoms with Gasteiger partial charge in [-0.1, -0.05) is 42.6 Å². The van der Waals surface area contributed by atoms with Gasteiger partial charge in [-0.25, -0.2) is 4.39 Å². The lowest BCUT2D eigenvalue weighted by Gasteiger charge is -2.29. The van der Waals surface area contributed by atoms with Gasteiger partial charge in [0.15, 0.2) is 0 Å². The van der Waals surface area contributed by atoms with E-state index in [-0.39, 0.29) is 23.7 Å². The third kappa shape index (κ3) is 5.23. The summed E-state index contributed by atoms with van der Waals surface area (Å²) in [4.78, 5) is 28.9. The van der Waals surface area contributed by atoms with E-state index in [1.54, 1.807) is 19.2 Å². The molecule has 5 aromatic rings. The summed E-state index contributed by atoms with van der Waals surface area (Å²) >= 11 is 6.13. The Bertz CT molecular complexity index is 1740. The molecule has 0 radical (unpaired) electrons. The molecule has 6 rings (SSSR count). The number of hydrogen-bond acceptors (Lipinski definition) is 3. The van der Waals surface area contributed by atoms with Crippen molar-refractivity contribution in [3.63, 3.8) is 0 Å². The summed E-state index contributed by atoms with van der Waals surface area (Å²) in [5, 5.41) is 3.95. The number of amides is 2. The number of carbonyl (C=O) groups excluding carboxylic acids is 2. The minimum Gasteiger partial charge on any atom is -0.455 e. The van der Waals surface area contributed by atoms with Crippen LogP contribution in [0.25, 0.3) is 33.4 Å². The van der Waals surface area contributed by atoms with E-state index in [1.165, 1.54) is 12.1 Å². The van der Waals surface area contributed by atoms with E-state index in [2.05, 4.69) is 5.32 Å². The highest BCUT2D eigenvalue weighted by Gasteiger charge is 2.29. The second kappa shape index (κ2) is 11.2. The largest absolute Gasteiger partial charge is 0.455 e. The van der Waals surface area contributed by atoms with E-state index in [4.69, 9.17) is 16.0 Å². The summed E-state index contributed by atoms with van der Waals surface area (Å²) in [6.07, 6.45) is 4.12. The second-order valence-corrected chi connectivity index (χ2v) is 10.7. The molecule has 206 valence electrons. The van der Waals surface area contributed by atoms with Crippen LogP contribution in [0.15, 0.2) is 95.4 Å². The maximum atomic E-state index is 14.0. The molecule has 4 aromatic carbocycles. The normalized spacial score (nSPS) is 13.4. The first-order chi connectivity index (χ1) is 19.9. The van der Waals surface area contributed by atoms with Gasteiger partial charge < -0.3 is 14.6 Å². The van der Waals surface area contributed by atoms with Crippen LogP contribution >= 0.6 is 11.6 Å². The predicted molar refractivity (Wildman–Crippen MR) is 161 cm³/mol. The van der Waals surface area contributed by atoms with Gasteiger partial charge in [0.2, 0.25) is 0 Å². The Kier molecular flexibility index (Phi) is 7.33. The van der Waals surface area contributed by atoms with Gasteiger partial charge in [-0.15, -0.1) is 0 Å². The number of fused-ring (bicyclic) bond motifs is 1. The molecule has 0 bridgehead atoms. The van der Waals surface area contributed by atoms with Gasteiger partial charge in [0, 0.05) is 40.3 Å². The highest BCUT2D eigenvalue weighted by molar-refractivity contribution is 6.30. The van der Waals surface area contributed by atoms with Gasteiger partial charge in [0.25, 0.3) is 11.8 Å². The number of benzene rings is 4. The molecule has 1 heterocycles. The number of hydrogen-bond donors (Lipinski definition) is 1. The van der Waals surface area contributed by atoms with Crippen LogP contribution in [0.3, 0.4) is 0 Å². The van der Waals surface area contributed by atoms with Crippen LogP contribution in [-0.4, -0.2) is 24.9 Å². The first-order valence-corrected chi connectivity index (χ1v) is 14.0. The number of halogens is 2. The van der Waals surface area contributed by atoms with Crippen LogP contribution in [0.2, 0.25) is 5.02 Å². The van der Waals surface area contributed by atoms with E-state index in [0.717, 1.165) is 42.5 Å². The van der Waals surface area contributed by atoms with Crippen LogP contribution in [0.5, 0.6) is 0 Å². The molecule has 0 unspecified atom stereocenters. The van der Waals surface area contributed by atoms with Crippen molar-refractivity contribution < 1.29 is 18.4 Å². The Morgan fingerprint density at radius 1 is 0.878 bits per heavy atom. The molecule has 1 saturated carbocycles. The maximum absolute atomic E-state index is 14.0. The van der Waals surface area contributed by atoms with Gasteiger partial charge in [-0.3, -0.25) is 9.59 Å². The number of nitrogens with one attached hydrogen (secondary N) is 1. The molecule has 0 spiro atoms. The highest BCUT2D eigenvalue weighted by atomic mass is 35.5. The smallest absolute Gasteiger partial charge is 0.258 e. The molecule has 7 heteroatoms. The molecule has 41 heavy (non-hydrogen) atoms. The number of rotatable bonds is 6. The number of furan rings is 1. The molecule has 1 fully saturated rings. The SMILES string of the molecule is CNC(=O)c1c(-c2ccc(F)cc2)oc2ccc(-c3cccc(C(=O)N(c4ccc(Cl)cc4)C4CCCC4)c3)cc12. The molecular weight excluding hydrogens is 539 g/mol. The zero-order valence-electron chi connectivity index (χ0n) is 22.5. The first kappa shape index (κ1) is 26.8. The third-order valence-electron chi connectivity index (χ3n) is 7.70. The first-order valence-electron chi connectivity index (χ1n) is 13.7. The fourth-order valence-corrected chi connectivity index (χ4v) is 5.79. The molecule has 2 amide bonds. The van der Waals surface area contributed by atoms with Crippen LogP contribution in [0.4, 0.5) is 10.1 Å².